The van der Waals surface area contributed by atoms with E-state index in [0.29, 0.717) is 35.2 Å². The number of aromatic nitrogens is 1. The van der Waals surface area contributed by atoms with Crippen molar-refractivity contribution in [2.24, 2.45) is 11.8 Å². The first-order chi connectivity index (χ1) is 20.8. The van der Waals surface area contributed by atoms with Crippen LogP contribution in [0.25, 0.3) is 0 Å². The van der Waals surface area contributed by atoms with E-state index in [0.717, 1.165) is 29.2 Å². The molecule has 4 N–H and O–H groups in total. The molecule has 0 aliphatic rings. The molecule has 14 heteroatoms. The van der Waals surface area contributed by atoms with Crippen molar-refractivity contribution in [3.8, 4) is 0 Å². The molecule has 0 bridgehead atoms. The van der Waals surface area contributed by atoms with Gasteiger partial charge in [0.25, 0.3) is 0 Å². The van der Waals surface area contributed by atoms with Crippen molar-refractivity contribution in [3.63, 3.8) is 0 Å². The van der Waals surface area contributed by atoms with Crippen LogP contribution in [-0.4, -0.2) is 65.8 Å². The van der Waals surface area contributed by atoms with Crippen molar-refractivity contribution < 1.29 is 39.1 Å². The Morgan fingerprint density at radius 3 is 2.34 bits per heavy atom. The zero-order chi connectivity index (χ0) is 32.8. The van der Waals surface area contributed by atoms with Gasteiger partial charge in [-0.15, -0.1) is 0 Å². The summed E-state index contributed by atoms with van der Waals surface area (Å²) in [5, 5.41) is 22.7. The van der Waals surface area contributed by atoms with Crippen LogP contribution in [0, 0.1) is 11.8 Å². The van der Waals surface area contributed by atoms with Crippen molar-refractivity contribution in [2.45, 2.75) is 54.1 Å². The van der Waals surface area contributed by atoms with E-state index in [2.05, 4.69) is 59.6 Å². The average molecular weight is 617 g/mol. The fraction of sp³-hybridized carbons (Fsp3) is 0.467. The Hall–Kier alpha value is -4.24. The second kappa shape index (κ2) is 17.8. The molecule has 14 nitrogen and oxygen atoms in total. The highest BCUT2D eigenvalue weighted by atomic mass is 17.1. The van der Waals surface area contributed by atoms with Gasteiger partial charge in [0.1, 0.15) is 12.4 Å². The predicted molar refractivity (Wildman–Crippen MR) is 164 cm³/mol. The van der Waals surface area contributed by atoms with Crippen LogP contribution in [0.5, 0.6) is 0 Å². The highest BCUT2D eigenvalue weighted by molar-refractivity contribution is 5.94. The van der Waals surface area contributed by atoms with Crippen molar-refractivity contribution in [1.29, 1.82) is 0 Å². The Kier molecular flexibility index (Phi) is 14.5. The van der Waals surface area contributed by atoms with Crippen LogP contribution in [0.15, 0.2) is 48.8 Å². The highest BCUT2D eigenvalue weighted by Crippen LogP contribution is 2.30. The summed E-state index contributed by atoms with van der Waals surface area (Å²) in [6.07, 6.45) is 0.911. The molecule has 1 aromatic heterocycles. The van der Waals surface area contributed by atoms with Crippen LogP contribution >= 0.6 is 0 Å². The molecule has 2 rings (SSSR count). The number of nitrogens with zero attached hydrogens (tertiary/aromatic N) is 4. The van der Waals surface area contributed by atoms with Gasteiger partial charge in [-0.25, -0.2) is 19.4 Å². The Morgan fingerprint density at radius 2 is 1.73 bits per heavy atom. The average Bonchev–Trinajstić information content (AvgIpc) is 2.93. The van der Waals surface area contributed by atoms with Crippen LogP contribution in [0.4, 0.5) is 26.8 Å². The molecule has 0 fully saturated rings. The van der Waals surface area contributed by atoms with Crippen LogP contribution < -0.4 is 20.4 Å². The molecule has 44 heavy (non-hydrogen) atoms. The number of hydrogen-bond acceptors (Lipinski definition) is 11. The zero-order valence-corrected chi connectivity index (χ0v) is 26.2. The molecule has 0 radical (unpaired) electrons. The van der Waals surface area contributed by atoms with Gasteiger partial charge in [0.2, 0.25) is 6.79 Å². The predicted octanol–water partition coefficient (Wildman–Crippen LogP) is 5.07. The summed E-state index contributed by atoms with van der Waals surface area (Å²) in [5.41, 5.74) is 3.16. The molecule has 0 saturated heterocycles. The number of esters is 1. The van der Waals surface area contributed by atoms with Gasteiger partial charge in [-0.3, -0.25) is 20.1 Å². The van der Waals surface area contributed by atoms with E-state index in [4.69, 9.17) is 19.9 Å². The SMILES string of the molecule is C=C(C)NC(=O)Nc1cc(CCC(=O)OCOC(=O)N(C)c2ncccc2CON(O)O)ccc1N(CC(C)C)CC(C)C. The Bertz CT molecular complexity index is 1260. The van der Waals surface area contributed by atoms with Gasteiger partial charge >= 0.3 is 18.1 Å². The van der Waals surface area contributed by atoms with E-state index >= 15 is 0 Å². The number of ether oxygens (including phenoxy) is 2. The molecule has 3 amide bonds. The minimum absolute atomic E-state index is 0.00634. The van der Waals surface area contributed by atoms with Crippen molar-refractivity contribution in [3.05, 3.63) is 59.9 Å². The van der Waals surface area contributed by atoms with Gasteiger partial charge in [0.05, 0.1) is 16.8 Å². The molecule has 0 saturated carbocycles. The molecule has 0 unspecified atom stereocenters. The number of benzene rings is 1. The minimum atomic E-state index is -0.853. The van der Waals surface area contributed by atoms with Crippen molar-refractivity contribution in [2.75, 3.05) is 42.0 Å². The summed E-state index contributed by atoms with van der Waals surface area (Å²) in [4.78, 5) is 49.5. The fourth-order valence-electron chi connectivity index (χ4n) is 4.23. The molecule has 0 atom stereocenters. The summed E-state index contributed by atoms with van der Waals surface area (Å²) in [5.74, 6) is 0.356. The summed E-state index contributed by atoms with van der Waals surface area (Å²) >= 11 is 0. The Morgan fingerprint density at radius 1 is 1.05 bits per heavy atom. The highest BCUT2D eigenvalue weighted by Gasteiger charge is 2.20. The minimum Gasteiger partial charge on any atom is -0.428 e. The topological polar surface area (TPSA) is 166 Å². The molecule has 242 valence electrons. The number of nitrogens with one attached hydrogen (secondary N) is 2. The van der Waals surface area contributed by atoms with Crippen LogP contribution in [0.1, 0.15) is 52.2 Å². The lowest BCUT2D eigenvalue weighted by atomic mass is 10.1. The number of carbonyl (C=O) groups excluding carboxylic acids is 3. The molecular formula is C30H44N6O8. The fourth-order valence-corrected chi connectivity index (χ4v) is 4.23. The first-order valence-electron chi connectivity index (χ1n) is 14.2. The number of anilines is 3. The van der Waals surface area contributed by atoms with Crippen LogP contribution in [0.2, 0.25) is 0 Å². The summed E-state index contributed by atoms with van der Waals surface area (Å²) in [6.45, 7) is 14.7. The van der Waals surface area contributed by atoms with Crippen molar-refractivity contribution in [1.82, 2.24) is 15.7 Å². The van der Waals surface area contributed by atoms with E-state index in [9.17, 15) is 14.4 Å². The Balaban J connectivity index is 2.02. The monoisotopic (exact) mass is 616 g/mol. The lowest BCUT2D eigenvalue weighted by molar-refractivity contribution is -0.497. The molecule has 0 aliphatic heterocycles. The standard InChI is InChI=1S/C30H44N6O8/c1-20(2)16-35(17-21(3)4)26-12-10-23(15-25(26)33-29(38)32-22(5)6)11-13-27(37)42-19-43-30(39)34(7)28-24(9-8-14-31-28)18-44-36(40)41/h8-10,12,14-15,20-21,40-41H,5,11,13,16-19H2,1-4,6-7H3,(H2,32,33,38). The van der Waals surface area contributed by atoms with Gasteiger partial charge < -0.3 is 25.0 Å². The first kappa shape index (κ1) is 36.0. The molecular weight excluding hydrogens is 572 g/mol. The van der Waals surface area contributed by atoms with E-state index in [1.54, 1.807) is 19.1 Å². The lowest BCUT2D eigenvalue weighted by Crippen LogP contribution is -2.33. The maximum Gasteiger partial charge on any atom is 0.418 e. The maximum atomic E-state index is 12.6. The summed E-state index contributed by atoms with van der Waals surface area (Å²) in [7, 11) is 1.39. The summed E-state index contributed by atoms with van der Waals surface area (Å²) in [6, 6.07) is 8.43. The number of hydrogen-bond donors (Lipinski definition) is 4. The van der Waals surface area contributed by atoms with Gasteiger partial charge in [-0.1, -0.05) is 46.4 Å². The maximum absolute atomic E-state index is 12.6. The molecule has 0 spiro atoms. The van der Waals surface area contributed by atoms with Gasteiger partial charge in [0.15, 0.2) is 0 Å². The van der Waals surface area contributed by atoms with Gasteiger partial charge in [0, 0.05) is 44.0 Å². The molecule has 2 aromatic rings. The zero-order valence-electron chi connectivity index (χ0n) is 26.2. The first-order valence-corrected chi connectivity index (χ1v) is 14.2. The summed E-state index contributed by atoms with van der Waals surface area (Å²) < 4.78 is 10.1. The number of urea groups is 1. The molecule has 1 aromatic carbocycles. The quantitative estimate of drug-likeness (QED) is 0.113. The number of rotatable bonds is 16. The number of amides is 3. The third-order valence-electron chi connectivity index (χ3n) is 5.96. The van der Waals surface area contributed by atoms with Gasteiger partial charge in [-0.05, 0) is 48.9 Å². The third-order valence-corrected chi connectivity index (χ3v) is 5.96. The smallest absolute Gasteiger partial charge is 0.418 e. The normalized spacial score (nSPS) is 11.0. The lowest BCUT2D eigenvalue weighted by Gasteiger charge is -2.30. The van der Waals surface area contributed by atoms with Crippen molar-refractivity contribution >= 4 is 35.3 Å². The molecule has 1 heterocycles. The second-order valence-electron chi connectivity index (χ2n) is 11.0. The third kappa shape index (κ3) is 12.6. The van der Waals surface area contributed by atoms with Crippen LogP contribution in [-0.2, 0) is 32.1 Å². The molecule has 0 aliphatic carbocycles. The largest absolute Gasteiger partial charge is 0.428 e. The number of pyridine rings is 1. The number of carbonyl (C=O) groups is 3. The number of aryl methyl sites for hydroxylation is 1. The van der Waals surface area contributed by atoms with E-state index < -0.39 is 30.3 Å². The number of allylic oxidation sites excluding steroid dienone is 1. The van der Waals surface area contributed by atoms with E-state index in [-0.39, 0.29) is 18.8 Å². The van der Waals surface area contributed by atoms with E-state index in [1.165, 1.54) is 13.2 Å². The Labute approximate surface area is 258 Å². The van der Waals surface area contributed by atoms with Gasteiger partial charge in [-0.2, -0.15) is 0 Å². The van der Waals surface area contributed by atoms with E-state index in [1.807, 2.05) is 18.2 Å². The second-order valence-corrected chi connectivity index (χ2v) is 11.0. The van der Waals surface area contributed by atoms with Crippen LogP contribution in [0.3, 0.4) is 0 Å².